The summed E-state index contributed by atoms with van der Waals surface area (Å²) in [6.07, 6.45) is 0.351. The van der Waals surface area contributed by atoms with Gasteiger partial charge in [0.15, 0.2) is 11.5 Å². The van der Waals surface area contributed by atoms with Gasteiger partial charge in [0.25, 0.3) is 0 Å². The molecular formula is C20H14FNO3S. The summed E-state index contributed by atoms with van der Waals surface area (Å²) in [4.78, 5) is 13.4. The molecule has 3 aromatic rings. The second-order valence-corrected chi connectivity index (χ2v) is 7.20. The third-order valence-electron chi connectivity index (χ3n) is 4.75. The van der Waals surface area contributed by atoms with E-state index in [-0.39, 0.29) is 24.4 Å². The first-order chi connectivity index (χ1) is 12.7. The van der Waals surface area contributed by atoms with Gasteiger partial charge in [-0.1, -0.05) is 24.3 Å². The highest BCUT2D eigenvalue weighted by Crippen LogP contribution is 2.48. The Balaban J connectivity index is 1.62. The number of anilines is 1. The molecule has 0 bridgehead atoms. The summed E-state index contributed by atoms with van der Waals surface area (Å²) < 4.78 is 25.1. The lowest BCUT2D eigenvalue weighted by atomic mass is 9.89. The lowest BCUT2D eigenvalue weighted by molar-refractivity contribution is -0.116. The average Bonchev–Trinajstić information content (AvgIpc) is 3.27. The van der Waals surface area contributed by atoms with Gasteiger partial charge in [0, 0.05) is 33.7 Å². The maximum atomic E-state index is 14.3. The van der Waals surface area contributed by atoms with Gasteiger partial charge < -0.3 is 14.8 Å². The molecule has 26 heavy (non-hydrogen) atoms. The van der Waals surface area contributed by atoms with Gasteiger partial charge in [0.1, 0.15) is 5.82 Å². The standard InChI is InChI=1S/C20H14FNO3S/c21-15-4-2-1-3-12(15)14-9-26-20-13(8-18(23)22-19(14)20)11-5-6-16-17(7-11)25-10-24-16/h1-7,9,13H,8,10H2,(H,22,23). The number of amides is 1. The van der Waals surface area contributed by atoms with Crippen LogP contribution in [0.2, 0.25) is 0 Å². The molecule has 2 aliphatic heterocycles. The van der Waals surface area contributed by atoms with Gasteiger partial charge in [-0.2, -0.15) is 0 Å². The summed E-state index contributed by atoms with van der Waals surface area (Å²) in [6.45, 7) is 0.214. The molecule has 0 fully saturated rings. The van der Waals surface area contributed by atoms with Gasteiger partial charge in [-0.05, 0) is 23.8 Å². The number of carbonyl (C=O) groups excluding carboxylic acids is 1. The van der Waals surface area contributed by atoms with Gasteiger partial charge in [0.05, 0.1) is 5.69 Å². The van der Waals surface area contributed by atoms with Crippen LogP contribution >= 0.6 is 11.3 Å². The Morgan fingerprint density at radius 1 is 1.08 bits per heavy atom. The van der Waals surface area contributed by atoms with Crippen LogP contribution in [-0.2, 0) is 4.79 Å². The number of benzene rings is 2. The van der Waals surface area contributed by atoms with Crippen molar-refractivity contribution in [2.24, 2.45) is 0 Å². The second kappa shape index (κ2) is 5.85. The fourth-order valence-corrected chi connectivity index (χ4v) is 4.66. The van der Waals surface area contributed by atoms with E-state index in [1.165, 1.54) is 6.07 Å². The van der Waals surface area contributed by atoms with Crippen LogP contribution in [0.3, 0.4) is 0 Å². The van der Waals surface area contributed by atoms with Crippen LogP contribution in [0.4, 0.5) is 10.1 Å². The molecule has 4 nitrogen and oxygen atoms in total. The first kappa shape index (κ1) is 15.4. The number of thiophene rings is 1. The lowest BCUT2D eigenvalue weighted by Gasteiger charge is -2.24. The maximum Gasteiger partial charge on any atom is 0.231 e. The number of carbonyl (C=O) groups is 1. The average molecular weight is 367 g/mol. The van der Waals surface area contributed by atoms with Crippen molar-refractivity contribution in [3.63, 3.8) is 0 Å². The molecule has 130 valence electrons. The normalized spacial score (nSPS) is 17.7. The molecule has 3 heterocycles. The Morgan fingerprint density at radius 3 is 2.81 bits per heavy atom. The van der Waals surface area contributed by atoms with Crippen LogP contribution in [0.5, 0.6) is 11.5 Å². The Hall–Kier alpha value is -2.86. The molecule has 1 atom stereocenters. The van der Waals surface area contributed by atoms with Crippen molar-refractivity contribution in [2.45, 2.75) is 12.3 Å². The monoisotopic (exact) mass is 367 g/mol. The summed E-state index contributed by atoms with van der Waals surface area (Å²) in [7, 11) is 0. The highest BCUT2D eigenvalue weighted by Gasteiger charge is 2.31. The predicted molar refractivity (Wildman–Crippen MR) is 97.4 cm³/mol. The minimum absolute atomic E-state index is 0.0730. The smallest absolute Gasteiger partial charge is 0.231 e. The number of fused-ring (bicyclic) bond motifs is 2. The molecule has 5 rings (SSSR count). The van der Waals surface area contributed by atoms with Crippen LogP contribution in [0.15, 0.2) is 47.8 Å². The summed E-state index contributed by atoms with van der Waals surface area (Å²) in [5.41, 5.74) is 2.92. The molecule has 1 unspecified atom stereocenters. The number of ether oxygens (including phenoxy) is 2. The Bertz CT molecular complexity index is 1030. The predicted octanol–water partition coefficient (Wildman–Crippen LogP) is 4.76. The van der Waals surface area contributed by atoms with E-state index >= 15 is 0 Å². The molecular weight excluding hydrogens is 353 g/mol. The second-order valence-electron chi connectivity index (χ2n) is 6.29. The minimum atomic E-state index is -0.299. The Labute approximate surface area is 153 Å². The van der Waals surface area contributed by atoms with E-state index in [1.54, 1.807) is 29.5 Å². The van der Waals surface area contributed by atoms with Gasteiger partial charge in [0.2, 0.25) is 12.7 Å². The minimum Gasteiger partial charge on any atom is -0.454 e. The van der Waals surface area contributed by atoms with Crippen molar-refractivity contribution in [2.75, 3.05) is 12.1 Å². The molecule has 1 amide bonds. The highest BCUT2D eigenvalue weighted by atomic mass is 32.1. The zero-order valence-corrected chi connectivity index (χ0v) is 14.4. The zero-order valence-electron chi connectivity index (χ0n) is 13.6. The molecule has 0 radical (unpaired) electrons. The van der Waals surface area contributed by atoms with Crippen molar-refractivity contribution >= 4 is 22.9 Å². The quantitative estimate of drug-likeness (QED) is 0.711. The largest absolute Gasteiger partial charge is 0.454 e. The van der Waals surface area contributed by atoms with Crippen LogP contribution in [-0.4, -0.2) is 12.7 Å². The first-order valence-electron chi connectivity index (χ1n) is 8.26. The molecule has 0 saturated carbocycles. The van der Waals surface area contributed by atoms with Gasteiger partial charge in [-0.15, -0.1) is 11.3 Å². The summed E-state index contributed by atoms with van der Waals surface area (Å²) in [5.74, 6) is 0.954. The third-order valence-corrected chi connectivity index (χ3v) is 5.85. The highest BCUT2D eigenvalue weighted by molar-refractivity contribution is 7.11. The number of halogens is 1. The summed E-state index contributed by atoms with van der Waals surface area (Å²) in [6, 6.07) is 12.4. The van der Waals surface area contributed by atoms with Crippen molar-refractivity contribution < 1.29 is 18.7 Å². The number of nitrogens with one attached hydrogen (secondary N) is 1. The number of rotatable bonds is 2. The van der Waals surface area contributed by atoms with Gasteiger partial charge in [-0.3, -0.25) is 4.79 Å². The van der Waals surface area contributed by atoms with Crippen molar-refractivity contribution in [3.8, 4) is 22.6 Å². The van der Waals surface area contributed by atoms with E-state index in [0.29, 0.717) is 29.2 Å². The maximum absolute atomic E-state index is 14.3. The van der Waals surface area contributed by atoms with Gasteiger partial charge >= 0.3 is 0 Å². The third kappa shape index (κ3) is 2.37. The van der Waals surface area contributed by atoms with E-state index in [9.17, 15) is 9.18 Å². The first-order valence-corrected chi connectivity index (χ1v) is 9.14. The fourth-order valence-electron chi connectivity index (χ4n) is 3.50. The number of hydrogen-bond donors (Lipinski definition) is 1. The topological polar surface area (TPSA) is 47.6 Å². The molecule has 6 heteroatoms. The summed E-state index contributed by atoms with van der Waals surface area (Å²) >= 11 is 1.54. The van der Waals surface area contributed by atoms with Crippen LogP contribution < -0.4 is 14.8 Å². The lowest BCUT2D eigenvalue weighted by Crippen LogP contribution is -2.22. The Morgan fingerprint density at radius 2 is 1.92 bits per heavy atom. The van der Waals surface area contributed by atoms with Crippen LogP contribution in [0, 0.1) is 5.82 Å². The molecule has 2 aromatic carbocycles. The molecule has 2 aliphatic rings. The van der Waals surface area contributed by atoms with E-state index < -0.39 is 0 Å². The summed E-state index contributed by atoms with van der Waals surface area (Å²) in [5, 5.41) is 4.85. The van der Waals surface area contributed by atoms with E-state index in [1.807, 2.05) is 23.6 Å². The molecule has 0 spiro atoms. The zero-order chi connectivity index (χ0) is 17.7. The molecule has 1 aromatic heterocycles. The molecule has 1 N–H and O–H groups in total. The van der Waals surface area contributed by atoms with E-state index in [2.05, 4.69) is 5.32 Å². The van der Waals surface area contributed by atoms with Gasteiger partial charge in [-0.25, -0.2) is 4.39 Å². The van der Waals surface area contributed by atoms with Crippen molar-refractivity contribution in [3.05, 3.63) is 64.1 Å². The Kier molecular flexibility index (Phi) is 3.46. The molecule has 0 aliphatic carbocycles. The van der Waals surface area contributed by atoms with Crippen LogP contribution in [0.25, 0.3) is 11.1 Å². The number of hydrogen-bond acceptors (Lipinski definition) is 4. The SMILES string of the molecule is O=C1CC(c2ccc3c(c2)OCO3)c2scc(-c3ccccc3F)c2N1. The van der Waals surface area contributed by atoms with E-state index in [0.717, 1.165) is 16.0 Å². The van der Waals surface area contributed by atoms with Crippen LogP contribution in [0.1, 0.15) is 22.8 Å². The molecule has 0 saturated heterocycles. The fraction of sp³-hybridized carbons (Fsp3) is 0.150. The van der Waals surface area contributed by atoms with Crippen molar-refractivity contribution in [1.82, 2.24) is 0 Å². The van der Waals surface area contributed by atoms with Crippen molar-refractivity contribution in [1.29, 1.82) is 0 Å². The van der Waals surface area contributed by atoms with E-state index in [4.69, 9.17) is 9.47 Å².